The molecule has 194 valence electrons. The van der Waals surface area contributed by atoms with Crippen LogP contribution in [0.4, 0.5) is 33.2 Å². The summed E-state index contributed by atoms with van der Waals surface area (Å²) in [6.07, 6.45) is 2.41. The molecule has 3 N–H and O–H groups in total. The largest absolute Gasteiger partial charge is 0.395 e. The Balaban J connectivity index is 1.40. The van der Waals surface area contributed by atoms with E-state index in [4.69, 9.17) is 5.11 Å². The van der Waals surface area contributed by atoms with Crippen molar-refractivity contribution >= 4 is 34.7 Å². The van der Waals surface area contributed by atoms with Crippen molar-refractivity contribution in [2.75, 3.05) is 61.9 Å². The van der Waals surface area contributed by atoms with Crippen LogP contribution >= 0.6 is 0 Å². The minimum absolute atomic E-state index is 0.0559. The molecule has 0 atom stereocenters. The molecule has 9 nitrogen and oxygen atoms in total. The molecule has 3 aromatic rings. The zero-order chi connectivity index (χ0) is 26.2. The fraction of sp³-hybridized carbons (Fsp3) is 0.296. The Morgan fingerprint density at radius 2 is 1.89 bits per heavy atom. The first-order chi connectivity index (χ1) is 17.9. The Kier molecular flexibility index (Phi) is 8.65. The molecule has 0 aliphatic carbocycles. The number of nitrogens with zero attached hydrogens (tertiary/aromatic N) is 5. The van der Waals surface area contributed by atoms with Gasteiger partial charge in [0.15, 0.2) is 11.6 Å². The van der Waals surface area contributed by atoms with Gasteiger partial charge in [-0.25, -0.2) is 9.37 Å². The number of amides is 1. The van der Waals surface area contributed by atoms with Crippen molar-refractivity contribution in [3.8, 4) is 0 Å². The standard InChI is InChI=1S/C27H32FN7O2/c1-3-25(37)33(2)19-20-7-9-21(10-8-20)30-26-24(28)18-29-27(32-26)31-22-5-4-6-23(17-22)35-13-11-34(12-14-35)15-16-36/h3-10,17-18,36H,1,11-16,19H2,2H3,(H2,29,30,31,32). The van der Waals surface area contributed by atoms with Gasteiger partial charge in [0.05, 0.1) is 12.8 Å². The molecule has 1 aromatic heterocycles. The maximum atomic E-state index is 14.5. The minimum atomic E-state index is -0.569. The van der Waals surface area contributed by atoms with Gasteiger partial charge in [0.25, 0.3) is 0 Å². The molecule has 1 amide bonds. The second-order valence-corrected chi connectivity index (χ2v) is 8.84. The van der Waals surface area contributed by atoms with Crippen LogP contribution in [0.2, 0.25) is 0 Å². The molecule has 1 aliphatic rings. The van der Waals surface area contributed by atoms with Gasteiger partial charge in [-0.2, -0.15) is 4.98 Å². The van der Waals surface area contributed by atoms with Crippen LogP contribution in [0.3, 0.4) is 0 Å². The van der Waals surface area contributed by atoms with Gasteiger partial charge in [-0.3, -0.25) is 9.69 Å². The van der Waals surface area contributed by atoms with Crippen molar-refractivity contribution < 1.29 is 14.3 Å². The highest BCUT2D eigenvalue weighted by Crippen LogP contribution is 2.24. The molecular formula is C27H32FN7O2. The topological polar surface area (TPSA) is 96.9 Å². The highest BCUT2D eigenvalue weighted by Gasteiger charge is 2.17. The van der Waals surface area contributed by atoms with E-state index in [1.165, 1.54) is 6.08 Å². The molecule has 0 spiro atoms. The Morgan fingerprint density at radius 3 is 2.59 bits per heavy atom. The van der Waals surface area contributed by atoms with Gasteiger partial charge >= 0.3 is 0 Å². The molecule has 0 radical (unpaired) electrons. The summed E-state index contributed by atoms with van der Waals surface area (Å²) in [4.78, 5) is 26.2. The van der Waals surface area contributed by atoms with Gasteiger partial charge in [-0.1, -0.05) is 24.8 Å². The van der Waals surface area contributed by atoms with Gasteiger partial charge in [0, 0.05) is 63.4 Å². The van der Waals surface area contributed by atoms with E-state index in [0.29, 0.717) is 18.8 Å². The number of halogens is 1. The summed E-state index contributed by atoms with van der Waals surface area (Å²) >= 11 is 0. The van der Waals surface area contributed by atoms with E-state index in [2.05, 4.69) is 43.0 Å². The number of aliphatic hydroxyl groups is 1. The van der Waals surface area contributed by atoms with E-state index >= 15 is 0 Å². The number of aromatic nitrogens is 2. The van der Waals surface area contributed by atoms with E-state index in [9.17, 15) is 9.18 Å². The zero-order valence-electron chi connectivity index (χ0n) is 20.9. The van der Waals surface area contributed by atoms with E-state index in [-0.39, 0.29) is 24.3 Å². The number of carbonyl (C=O) groups excluding carboxylic acids is 1. The highest BCUT2D eigenvalue weighted by molar-refractivity contribution is 5.86. The number of carbonyl (C=O) groups is 1. The van der Waals surface area contributed by atoms with Gasteiger partial charge in [-0.15, -0.1) is 0 Å². The molecule has 1 aliphatic heterocycles. The van der Waals surface area contributed by atoms with E-state index < -0.39 is 5.82 Å². The van der Waals surface area contributed by atoms with Crippen molar-refractivity contribution in [2.24, 2.45) is 0 Å². The Hall–Kier alpha value is -4.02. The first-order valence-electron chi connectivity index (χ1n) is 12.2. The fourth-order valence-electron chi connectivity index (χ4n) is 4.13. The van der Waals surface area contributed by atoms with Crippen molar-refractivity contribution in [2.45, 2.75) is 6.54 Å². The molecule has 0 unspecified atom stereocenters. The molecule has 10 heteroatoms. The third kappa shape index (κ3) is 7.02. The summed E-state index contributed by atoms with van der Waals surface area (Å²) in [5, 5.41) is 15.3. The monoisotopic (exact) mass is 505 g/mol. The average molecular weight is 506 g/mol. The summed E-state index contributed by atoms with van der Waals surface area (Å²) in [6.45, 7) is 8.38. The summed E-state index contributed by atoms with van der Waals surface area (Å²) in [5.41, 5.74) is 3.47. The van der Waals surface area contributed by atoms with Crippen LogP contribution in [0.5, 0.6) is 0 Å². The average Bonchev–Trinajstić information content (AvgIpc) is 2.92. The predicted octanol–water partition coefficient (Wildman–Crippen LogP) is 3.36. The summed E-state index contributed by atoms with van der Waals surface area (Å²) in [5.74, 6) is -0.396. The molecule has 0 saturated carbocycles. The third-order valence-corrected chi connectivity index (χ3v) is 6.19. The number of anilines is 5. The van der Waals surface area contributed by atoms with Gasteiger partial charge < -0.3 is 25.5 Å². The highest BCUT2D eigenvalue weighted by atomic mass is 19.1. The van der Waals surface area contributed by atoms with Crippen LogP contribution in [0.15, 0.2) is 67.4 Å². The molecule has 4 rings (SSSR count). The molecule has 1 saturated heterocycles. The predicted molar refractivity (Wildman–Crippen MR) is 144 cm³/mol. The quantitative estimate of drug-likeness (QED) is 0.361. The maximum Gasteiger partial charge on any atom is 0.245 e. The molecule has 1 fully saturated rings. The number of likely N-dealkylation sites (N-methyl/N-ethyl adjacent to an activating group) is 1. The number of piperazine rings is 1. The maximum absolute atomic E-state index is 14.5. The fourth-order valence-corrected chi connectivity index (χ4v) is 4.13. The van der Waals surface area contributed by atoms with E-state index in [0.717, 1.165) is 49.3 Å². The van der Waals surface area contributed by atoms with E-state index in [1.54, 1.807) is 24.1 Å². The number of benzene rings is 2. The van der Waals surface area contributed by atoms with Gasteiger partial charge in [-0.05, 0) is 42.0 Å². The lowest BCUT2D eigenvalue weighted by atomic mass is 10.2. The van der Waals surface area contributed by atoms with Crippen LogP contribution in [-0.4, -0.2) is 77.2 Å². The summed E-state index contributed by atoms with van der Waals surface area (Å²) in [6, 6.07) is 15.3. The number of hydrogen-bond donors (Lipinski definition) is 3. The molecule has 0 bridgehead atoms. The van der Waals surface area contributed by atoms with Crippen LogP contribution in [0.25, 0.3) is 0 Å². The molecular weight excluding hydrogens is 473 g/mol. The van der Waals surface area contributed by atoms with Crippen molar-refractivity contribution in [1.29, 1.82) is 0 Å². The molecule has 2 heterocycles. The third-order valence-electron chi connectivity index (χ3n) is 6.19. The first kappa shape index (κ1) is 26.1. The van der Waals surface area contributed by atoms with Gasteiger partial charge in [0.2, 0.25) is 11.9 Å². The van der Waals surface area contributed by atoms with Gasteiger partial charge in [0.1, 0.15) is 0 Å². The second kappa shape index (κ2) is 12.3. The summed E-state index contributed by atoms with van der Waals surface area (Å²) in [7, 11) is 1.70. The summed E-state index contributed by atoms with van der Waals surface area (Å²) < 4.78 is 14.5. The van der Waals surface area contributed by atoms with E-state index in [1.807, 2.05) is 30.3 Å². The molecule has 37 heavy (non-hydrogen) atoms. The lowest BCUT2D eigenvalue weighted by Crippen LogP contribution is -2.47. The van der Waals surface area contributed by atoms with Crippen molar-refractivity contribution in [3.05, 3.63) is 78.8 Å². The number of β-amino-alcohol motifs (C(OH)–C–C–N with tert-alkyl or cyclic N) is 1. The first-order valence-corrected chi connectivity index (χ1v) is 12.2. The lowest BCUT2D eigenvalue weighted by molar-refractivity contribution is -0.125. The number of hydrogen-bond acceptors (Lipinski definition) is 8. The molecule has 2 aromatic carbocycles. The van der Waals surface area contributed by atoms with Crippen molar-refractivity contribution in [3.63, 3.8) is 0 Å². The van der Waals surface area contributed by atoms with Crippen molar-refractivity contribution in [1.82, 2.24) is 19.8 Å². The Labute approximate surface area is 216 Å². The Morgan fingerprint density at radius 1 is 1.14 bits per heavy atom. The van der Waals surface area contributed by atoms with Crippen LogP contribution in [-0.2, 0) is 11.3 Å². The Bertz CT molecular complexity index is 1210. The SMILES string of the molecule is C=CC(=O)N(C)Cc1ccc(Nc2nc(Nc3cccc(N4CCN(CCO)CC4)c3)ncc2F)cc1. The smallest absolute Gasteiger partial charge is 0.245 e. The van der Waals surface area contributed by atoms with Crippen LogP contribution < -0.4 is 15.5 Å². The normalized spacial score (nSPS) is 13.8. The minimum Gasteiger partial charge on any atom is -0.395 e. The lowest BCUT2D eigenvalue weighted by Gasteiger charge is -2.35. The zero-order valence-corrected chi connectivity index (χ0v) is 20.9. The number of rotatable bonds is 10. The van der Waals surface area contributed by atoms with Crippen LogP contribution in [0, 0.1) is 5.82 Å². The number of nitrogens with one attached hydrogen (secondary N) is 2. The second-order valence-electron chi connectivity index (χ2n) is 8.84. The van der Waals surface area contributed by atoms with Crippen LogP contribution in [0.1, 0.15) is 5.56 Å². The number of aliphatic hydroxyl groups excluding tert-OH is 1.